The predicted molar refractivity (Wildman–Crippen MR) is 74.2 cm³/mol. The topological polar surface area (TPSA) is 59.2 Å². The van der Waals surface area contributed by atoms with E-state index in [0.29, 0.717) is 16.1 Å². The van der Waals surface area contributed by atoms with E-state index in [1.807, 2.05) is 12.1 Å². The maximum Gasteiger partial charge on any atom is 0.277 e. The first-order valence-electron chi connectivity index (χ1n) is 5.48. The summed E-state index contributed by atoms with van der Waals surface area (Å²) < 4.78 is 5.47. The van der Waals surface area contributed by atoms with Gasteiger partial charge in [-0.1, -0.05) is 29.4 Å². The molecule has 0 radical (unpaired) electrons. The summed E-state index contributed by atoms with van der Waals surface area (Å²) in [4.78, 5) is 13.0. The van der Waals surface area contributed by atoms with Gasteiger partial charge in [-0.3, -0.25) is 4.79 Å². The molecule has 0 atom stereocenters. The standard InChI is InChI=1S/C12H12ClN3O2S/c1-16(2)10(17)7-19-12-15-14-11(18-12)8-4-3-5-9(13)6-8/h3-6H,7H2,1-2H3. The Hall–Kier alpha value is -1.53. The summed E-state index contributed by atoms with van der Waals surface area (Å²) in [5, 5.41) is 8.79. The van der Waals surface area contributed by atoms with Crippen molar-refractivity contribution >= 4 is 29.3 Å². The van der Waals surface area contributed by atoms with Gasteiger partial charge < -0.3 is 9.32 Å². The van der Waals surface area contributed by atoms with Crippen molar-refractivity contribution in [2.75, 3.05) is 19.8 Å². The lowest BCUT2D eigenvalue weighted by atomic mass is 10.2. The highest BCUT2D eigenvalue weighted by molar-refractivity contribution is 7.99. The number of thioether (sulfide) groups is 1. The fraction of sp³-hybridized carbons (Fsp3) is 0.250. The number of hydrogen-bond donors (Lipinski definition) is 0. The van der Waals surface area contributed by atoms with E-state index in [4.69, 9.17) is 16.0 Å². The van der Waals surface area contributed by atoms with Crippen molar-refractivity contribution in [2.45, 2.75) is 5.22 Å². The van der Waals surface area contributed by atoms with E-state index >= 15 is 0 Å². The Morgan fingerprint density at radius 3 is 2.89 bits per heavy atom. The summed E-state index contributed by atoms with van der Waals surface area (Å²) in [6, 6.07) is 7.16. The molecular weight excluding hydrogens is 286 g/mol. The van der Waals surface area contributed by atoms with Crippen LogP contribution in [0.3, 0.4) is 0 Å². The van der Waals surface area contributed by atoms with Crippen LogP contribution in [0, 0.1) is 0 Å². The van der Waals surface area contributed by atoms with Gasteiger partial charge in [0.2, 0.25) is 11.8 Å². The van der Waals surface area contributed by atoms with Crippen LogP contribution in [-0.4, -0.2) is 40.9 Å². The van der Waals surface area contributed by atoms with Gasteiger partial charge in [-0.2, -0.15) is 0 Å². The lowest BCUT2D eigenvalue weighted by Gasteiger charge is -2.07. The number of carbonyl (C=O) groups is 1. The van der Waals surface area contributed by atoms with Crippen LogP contribution in [0.2, 0.25) is 5.02 Å². The Kier molecular flexibility index (Phi) is 4.44. The van der Waals surface area contributed by atoms with Crippen LogP contribution in [0.1, 0.15) is 0 Å². The number of aromatic nitrogens is 2. The van der Waals surface area contributed by atoms with Gasteiger partial charge >= 0.3 is 0 Å². The molecule has 7 heteroatoms. The SMILES string of the molecule is CN(C)C(=O)CSc1nnc(-c2cccc(Cl)c2)o1. The number of carbonyl (C=O) groups excluding carboxylic acids is 1. The van der Waals surface area contributed by atoms with Gasteiger partial charge in [-0.25, -0.2) is 0 Å². The molecule has 0 N–H and O–H groups in total. The van der Waals surface area contributed by atoms with Crippen LogP contribution in [0.5, 0.6) is 0 Å². The first kappa shape index (κ1) is 13.9. The summed E-state index contributed by atoms with van der Waals surface area (Å²) >= 11 is 7.11. The molecule has 2 aromatic rings. The van der Waals surface area contributed by atoms with E-state index in [1.165, 1.54) is 16.7 Å². The highest BCUT2D eigenvalue weighted by Crippen LogP contribution is 2.25. The van der Waals surface area contributed by atoms with E-state index in [1.54, 1.807) is 26.2 Å². The molecule has 5 nitrogen and oxygen atoms in total. The van der Waals surface area contributed by atoms with Gasteiger partial charge in [0, 0.05) is 24.7 Å². The number of nitrogens with zero attached hydrogens (tertiary/aromatic N) is 3. The van der Waals surface area contributed by atoms with E-state index in [9.17, 15) is 4.79 Å². The molecule has 0 aliphatic rings. The van der Waals surface area contributed by atoms with Crippen LogP contribution < -0.4 is 0 Å². The molecule has 1 amide bonds. The lowest BCUT2D eigenvalue weighted by Crippen LogP contribution is -2.23. The molecule has 0 bridgehead atoms. The summed E-state index contributed by atoms with van der Waals surface area (Å²) in [6.45, 7) is 0. The summed E-state index contributed by atoms with van der Waals surface area (Å²) in [5.41, 5.74) is 0.755. The highest BCUT2D eigenvalue weighted by atomic mass is 35.5. The molecule has 1 aromatic heterocycles. The molecule has 1 aromatic carbocycles. The first-order valence-corrected chi connectivity index (χ1v) is 6.85. The van der Waals surface area contributed by atoms with Crippen molar-refractivity contribution < 1.29 is 9.21 Å². The van der Waals surface area contributed by atoms with Crippen LogP contribution in [0.25, 0.3) is 11.5 Å². The molecule has 19 heavy (non-hydrogen) atoms. The van der Waals surface area contributed by atoms with Crippen molar-refractivity contribution in [3.8, 4) is 11.5 Å². The molecule has 1 heterocycles. The molecule has 0 aliphatic heterocycles. The minimum atomic E-state index is -0.00694. The average Bonchev–Trinajstić information content (AvgIpc) is 2.84. The number of amides is 1. The third-order valence-corrected chi connectivity index (χ3v) is 3.33. The van der Waals surface area contributed by atoms with Gasteiger partial charge in [0.1, 0.15) is 0 Å². The smallest absolute Gasteiger partial charge is 0.277 e. The summed E-state index contributed by atoms with van der Waals surface area (Å²) in [6.07, 6.45) is 0. The third kappa shape index (κ3) is 3.71. The number of benzene rings is 1. The van der Waals surface area contributed by atoms with E-state index in [0.717, 1.165) is 5.56 Å². The van der Waals surface area contributed by atoms with Gasteiger partial charge in [0.25, 0.3) is 5.22 Å². The highest BCUT2D eigenvalue weighted by Gasteiger charge is 2.12. The van der Waals surface area contributed by atoms with Crippen molar-refractivity contribution in [1.82, 2.24) is 15.1 Å². The second-order valence-corrected chi connectivity index (χ2v) is 5.32. The molecule has 0 saturated heterocycles. The molecule has 0 aliphatic carbocycles. The average molecular weight is 298 g/mol. The normalized spacial score (nSPS) is 10.5. The predicted octanol–water partition coefficient (Wildman–Crippen LogP) is 2.57. The molecule has 2 rings (SSSR count). The monoisotopic (exact) mass is 297 g/mol. The number of rotatable bonds is 4. The molecule has 0 unspecified atom stereocenters. The van der Waals surface area contributed by atoms with Gasteiger partial charge in [-0.15, -0.1) is 10.2 Å². The van der Waals surface area contributed by atoms with Crippen molar-refractivity contribution in [1.29, 1.82) is 0 Å². The van der Waals surface area contributed by atoms with Crippen molar-refractivity contribution in [2.24, 2.45) is 0 Å². The zero-order valence-corrected chi connectivity index (χ0v) is 12.0. The second-order valence-electron chi connectivity index (χ2n) is 3.96. The van der Waals surface area contributed by atoms with E-state index in [-0.39, 0.29) is 11.7 Å². The van der Waals surface area contributed by atoms with Crippen molar-refractivity contribution in [3.05, 3.63) is 29.3 Å². The van der Waals surface area contributed by atoms with E-state index < -0.39 is 0 Å². The maximum atomic E-state index is 11.4. The molecular formula is C12H12ClN3O2S. The molecule has 0 fully saturated rings. The zero-order chi connectivity index (χ0) is 13.8. The molecule has 100 valence electrons. The summed E-state index contributed by atoms with van der Waals surface area (Å²) in [5.74, 6) is 0.652. The quantitative estimate of drug-likeness (QED) is 0.812. The summed E-state index contributed by atoms with van der Waals surface area (Å²) in [7, 11) is 3.40. The number of hydrogen-bond acceptors (Lipinski definition) is 5. The minimum Gasteiger partial charge on any atom is -0.411 e. The van der Waals surface area contributed by atoms with Crippen LogP contribution >= 0.6 is 23.4 Å². The van der Waals surface area contributed by atoms with E-state index in [2.05, 4.69) is 10.2 Å². The first-order chi connectivity index (χ1) is 9.06. The lowest BCUT2D eigenvalue weighted by molar-refractivity contribution is -0.125. The van der Waals surface area contributed by atoms with Crippen LogP contribution in [0.4, 0.5) is 0 Å². The Labute approximate surface area is 119 Å². The second kappa shape index (κ2) is 6.08. The van der Waals surface area contributed by atoms with Crippen molar-refractivity contribution in [3.63, 3.8) is 0 Å². The Bertz CT molecular complexity index is 586. The van der Waals surface area contributed by atoms with Gasteiger partial charge in [0.15, 0.2) is 0 Å². The third-order valence-electron chi connectivity index (χ3n) is 2.30. The zero-order valence-electron chi connectivity index (χ0n) is 10.5. The van der Waals surface area contributed by atoms with Crippen LogP contribution in [-0.2, 0) is 4.79 Å². The Balaban J connectivity index is 2.05. The minimum absolute atomic E-state index is 0.00694. The largest absolute Gasteiger partial charge is 0.411 e. The Morgan fingerprint density at radius 2 is 2.21 bits per heavy atom. The van der Waals surface area contributed by atoms with Crippen LogP contribution in [0.15, 0.2) is 33.9 Å². The number of halogens is 1. The Morgan fingerprint density at radius 1 is 1.42 bits per heavy atom. The maximum absolute atomic E-state index is 11.4. The fourth-order valence-electron chi connectivity index (χ4n) is 1.26. The molecule has 0 saturated carbocycles. The molecule has 0 spiro atoms. The van der Waals surface area contributed by atoms with Gasteiger partial charge in [0.05, 0.1) is 5.75 Å². The fourth-order valence-corrected chi connectivity index (χ4v) is 2.19. The van der Waals surface area contributed by atoms with Gasteiger partial charge in [-0.05, 0) is 18.2 Å².